The van der Waals surface area contributed by atoms with Gasteiger partial charge in [0, 0.05) is 6.54 Å². The Kier molecular flexibility index (Phi) is 5.46. The first-order chi connectivity index (χ1) is 10.4. The van der Waals surface area contributed by atoms with Crippen LogP contribution in [0.15, 0.2) is 22.7 Å². The summed E-state index contributed by atoms with van der Waals surface area (Å²) in [6.07, 6.45) is -4.41. The fourth-order valence-electron chi connectivity index (χ4n) is 1.65. The molecule has 2 aromatic heterocycles. The molecule has 0 unspecified atom stereocenters. The van der Waals surface area contributed by atoms with Gasteiger partial charge in [-0.3, -0.25) is 4.79 Å². The molecule has 2 aromatic rings. The monoisotopic (exact) mass is 350 g/mol. The molecule has 0 aliphatic heterocycles. The summed E-state index contributed by atoms with van der Waals surface area (Å²) >= 11 is 2.58. The molecule has 0 bridgehead atoms. The second-order valence-electron chi connectivity index (χ2n) is 4.21. The Morgan fingerprint density at radius 1 is 1.45 bits per heavy atom. The molecule has 1 N–H and O–H groups in total. The van der Waals surface area contributed by atoms with Gasteiger partial charge >= 0.3 is 6.18 Å². The molecule has 0 atom stereocenters. The van der Waals surface area contributed by atoms with Crippen LogP contribution < -0.4 is 5.32 Å². The summed E-state index contributed by atoms with van der Waals surface area (Å²) in [5.41, 5.74) is 0. The minimum atomic E-state index is -4.41. The molecule has 1 amide bonds. The minimum Gasteiger partial charge on any atom is -0.346 e. The molecule has 0 saturated carbocycles. The number of carbonyl (C=O) groups is 1. The number of aromatic nitrogens is 3. The van der Waals surface area contributed by atoms with Crippen molar-refractivity contribution in [2.24, 2.45) is 0 Å². The van der Waals surface area contributed by atoms with Crippen molar-refractivity contribution in [1.82, 2.24) is 20.1 Å². The zero-order valence-electron chi connectivity index (χ0n) is 11.6. The van der Waals surface area contributed by atoms with Crippen molar-refractivity contribution < 1.29 is 18.0 Å². The third-order valence-corrected chi connectivity index (χ3v) is 4.43. The fourth-order valence-corrected chi connectivity index (χ4v) is 3.20. The van der Waals surface area contributed by atoms with Crippen LogP contribution in [0, 0.1) is 0 Å². The Morgan fingerprint density at radius 2 is 2.23 bits per heavy atom. The summed E-state index contributed by atoms with van der Waals surface area (Å²) in [6, 6.07) is 3.80. The van der Waals surface area contributed by atoms with Crippen LogP contribution >= 0.6 is 23.1 Å². The smallest absolute Gasteiger partial charge is 0.346 e. The van der Waals surface area contributed by atoms with E-state index in [0.717, 1.165) is 16.6 Å². The van der Waals surface area contributed by atoms with Crippen molar-refractivity contribution in [2.75, 3.05) is 12.3 Å². The lowest BCUT2D eigenvalue weighted by molar-refractivity contribution is -0.136. The van der Waals surface area contributed by atoms with Crippen LogP contribution in [0.4, 0.5) is 13.2 Å². The van der Waals surface area contributed by atoms with Gasteiger partial charge in [-0.05, 0) is 18.4 Å². The number of thiophene rings is 1. The first kappa shape index (κ1) is 16.8. The van der Waals surface area contributed by atoms with Gasteiger partial charge < -0.3 is 9.88 Å². The van der Waals surface area contributed by atoms with Crippen LogP contribution in [0.2, 0.25) is 0 Å². The lowest BCUT2D eigenvalue weighted by atomic mass is 10.4. The molecule has 0 fully saturated rings. The highest BCUT2D eigenvalue weighted by Crippen LogP contribution is 2.27. The number of hydrogen-bond acceptors (Lipinski definition) is 5. The highest BCUT2D eigenvalue weighted by atomic mass is 32.2. The van der Waals surface area contributed by atoms with E-state index in [1.54, 1.807) is 0 Å². The highest BCUT2D eigenvalue weighted by molar-refractivity contribution is 7.99. The lowest BCUT2D eigenvalue weighted by Crippen LogP contribution is -2.34. The van der Waals surface area contributed by atoms with Crippen molar-refractivity contribution in [2.45, 2.75) is 24.8 Å². The molecule has 5 nitrogen and oxygen atoms in total. The SMILES string of the molecule is CCn1c(SCC(=O)NCC(F)(F)F)nnc1-c1cccs1. The number of nitrogens with zero attached hydrogens (tertiary/aromatic N) is 3. The standard InChI is InChI=1S/C12H13F3N4OS2/c1-2-19-10(8-4-3-5-21-8)17-18-11(19)22-6-9(20)16-7-12(13,14)15/h3-5H,2,6-7H2,1H3,(H,16,20). The number of nitrogens with one attached hydrogen (secondary N) is 1. The maximum atomic E-state index is 12.0. The van der Waals surface area contributed by atoms with Crippen molar-refractivity contribution in [3.05, 3.63) is 17.5 Å². The number of rotatable bonds is 6. The second kappa shape index (κ2) is 7.14. The van der Waals surface area contributed by atoms with E-state index < -0.39 is 18.6 Å². The van der Waals surface area contributed by atoms with E-state index in [0.29, 0.717) is 17.5 Å². The molecule has 0 spiro atoms. The third-order valence-electron chi connectivity index (χ3n) is 2.59. The van der Waals surface area contributed by atoms with Gasteiger partial charge in [0.1, 0.15) is 6.54 Å². The molecule has 0 aliphatic rings. The van der Waals surface area contributed by atoms with Gasteiger partial charge in [0.2, 0.25) is 5.91 Å². The van der Waals surface area contributed by atoms with Crippen LogP contribution in [0.5, 0.6) is 0 Å². The van der Waals surface area contributed by atoms with Crippen LogP contribution in [0.25, 0.3) is 10.7 Å². The summed E-state index contributed by atoms with van der Waals surface area (Å²) in [5.74, 6) is -0.139. The molecule has 0 aliphatic carbocycles. The summed E-state index contributed by atoms with van der Waals surface area (Å²) in [4.78, 5) is 12.4. The fraction of sp³-hybridized carbons (Fsp3) is 0.417. The van der Waals surface area contributed by atoms with Crippen molar-refractivity contribution >= 4 is 29.0 Å². The predicted molar refractivity (Wildman–Crippen MR) is 78.8 cm³/mol. The van der Waals surface area contributed by atoms with E-state index in [9.17, 15) is 18.0 Å². The molecule has 120 valence electrons. The number of carbonyl (C=O) groups excluding carboxylic acids is 1. The quantitative estimate of drug-likeness (QED) is 0.814. The van der Waals surface area contributed by atoms with Crippen molar-refractivity contribution in [3.8, 4) is 10.7 Å². The van der Waals surface area contributed by atoms with E-state index in [4.69, 9.17) is 0 Å². The molecular formula is C12H13F3N4OS2. The van der Waals surface area contributed by atoms with E-state index in [-0.39, 0.29) is 5.75 Å². The Balaban J connectivity index is 1.98. The van der Waals surface area contributed by atoms with Crippen LogP contribution in [-0.4, -0.2) is 39.1 Å². The summed E-state index contributed by atoms with van der Waals surface area (Å²) in [5, 5.41) is 12.3. The number of amides is 1. The molecule has 22 heavy (non-hydrogen) atoms. The minimum absolute atomic E-state index is 0.140. The van der Waals surface area contributed by atoms with E-state index >= 15 is 0 Å². The van der Waals surface area contributed by atoms with Crippen molar-refractivity contribution in [3.63, 3.8) is 0 Å². The number of thioether (sulfide) groups is 1. The predicted octanol–water partition coefficient (Wildman–Crippen LogP) is 2.80. The molecule has 0 saturated heterocycles. The molecule has 2 rings (SSSR count). The lowest BCUT2D eigenvalue weighted by Gasteiger charge is -2.08. The zero-order chi connectivity index (χ0) is 16.2. The van der Waals surface area contributed by atoms with Gasteiger partial charge in [0.25, 0.3) is 0 Å². The first-order valence-corrected chi connectivity index (χ1v) is 8.20. The maximum absolute atomic E-state index is 12.0. The summed E-state index contributed by atoms with van der Waals surface area (Å²) < 4.78 is 37.9. The van der Waals surface area contributed by atoms with E-state index in [1.165, 1.54) is 11.3 Å². The zero-order valence-corrected chi connectivity index (χ0v) is 13.2. The normalized spacial score (nSPS) is 11.6. The largest absolute Gasteiger partial charge is 0.405 e. The summed E-state index contributed by atoms with van der Waals surface area (Å²) in [7, 11) is 0. The molecule has 0 radical (unpaired) electrons. The van der Waals surface area contributed by atoms with Gasteiger partial charge in [-0.25, -0.2) is 0 Å². The Morgan fingerprint density at radius 3 is 2.82 bits per heavy atom. The van der Waals surface area contributed by atoms with Crippen LogP contribution in [0.1, 0.15) is 6.92 Å². The number of hydrogen-bond donors (Lipinski definition) is 1. The molecule has 10 heteroatoms. The van der Waals surface area contributed by atoms with E-state index in [1.807, 2.05) is 34.3 Å². The van der Waals surface area contributed by atoms with Gasteiger partial charge in [0.05, 0.1) is 10.6 Å². The maximum Gasteiger partial charge on any atom is 0.405 e. The van der Waals surface area contributed by atoms with Crippen molar-refractivity contribution in [1.29, 1.82) is 0 Å². The molecule has 2 heterocycles. The Bertz CT molecular complexity index is 625. The first-order valence-electron chi connectivity index (χ1n) is 6.34. The average Bonchev–Trinajstić information content (AvgIpc) is 3.10. The molecule has 0 aromatic carbocycles. The van der Waals surface area contributed by atoms with E-state index in [2.05, 4.69) is 10.2 Å². The van der Waals surface area contributed by atoms with Crippen LogP contribution in [0.3, 0.4) is 0 Å². The highest BCUT2D eigenvalue weighted by Gasteiger charge is 2.27. The third kappa shape index (κ3) is 4.47. The summed E-state index contributed by atoms with van der Waals surface area (Å²) in [6.45, 7) is 1.19. The van der Waals surface area contributed by atoms with Gasteiger partial charge in [-0.2, -0.15) is 13.2 Å². The number of alkyl halides is 3. The average molecular weight is 350 g/mol. The Labute approximate surface area is 132 Å². The number of halogens is 3. The van der Waals surface area contributed by atoms with Crippen LogP contribution in [-0.2, 0) is 11.3 Å². The Hall–Kier alpha value is -1.55. The van der Waals surface area contributed by atoms with Gasteiger partial charge in [-0.15, -0.1) is 21.5 Å². The topological polar surface area (TPSA) is 59.8 Å². The van der Waals surface area contributed by atoms with Gasteiger partial charge in [-0.1, -0.05) is 17.8 Å². The van der Waals surface area contributed by atoms with Gasteiger partial charge in [0.15, 0.2) is 11.0 Å². The second-order valence-corrected chi connectivity index (χ2v) is 6.10. The molecular weight excluding hydrogens is 337 g/mol.